The van der Waals surface area contributed by atoms with Crippen LogP contribution in [0.15, 0.2) is 6.08 Å². The molecule has 0 saturated carbocycles. The maximum absolute atomic E-state index is 5.19. The molecule has 8 heavy (non-hydrogen) atoms. The van der Waals surface area contributed by atoms with Gasteiger partial charge in [-0.3, -0.25) is 0 Å². The number of hydrogen-bond acceptors (Lipinski definition) is 1. The Bertz CT molecular complexity index is 68.9. The van der Waals surface area contributed by atoms with Gasteiger partial charge in [0.2, 0.25) is 0 Å². The Labute approximate surface area is 56.4 Å². The summed E-state index contributed by atoms with van der Waals surface area (Å²) in [6.07, 6.45) is 1.69. The molecule has 0 aliphatic carbocycles. The van der Waals surface area contributed by atoms with Crippen molar-refractivity contribution in [2.75, 3.05) is 5.75 Å². The van der Waals surface area contributed by atoms with E-state index in [0.717, 1.165) is 5.75 Å². The Morgan fingerprint density at radius 2 is 2.00 bits per heavy atom. The summed E-state index contributed by atoms with van der Waals surface area (Å²) in [4.78, 5) is 0. The summed E-state index contributed by atoms with van der Waals surface area (Å²) in [5, 5.41) is 0. The van der Waals surface area contributed by atoms with E-state index in [1.807, 2.05) is 11.8 Å². The van der Waals surface area contributed by atoms with Crippen LogP contribution in [0, 0.1) is 6.58 Å². The third-order valence-electron chi connectivity index (χ3n) is 0.613. The summed E-state index contributed by atoms with van der Waals surface area (Å²) >= 11 is 1.85. The predicted octanol–water partition coefficient (Wildman–Crippen LogP) is 2.51. The molecular formula is C7H13S. The van der Waals surface area contributed by atoms with Crippen LogP contribution in [0.2, 0.25) is 0 Å². The van der Waals surface area contributed by atoms with Gasteiger partial charge in [0.05, 0.1) is 0 Å². The quantitative estimate of drug-likeness (QED) is 0.552. The smallest absolute Gasteiger partial charge is 0.0121 e. The molecule has 0 aliphatic heterocycles. The normalized spacial score (nSPS) is 11.4. The third kappa shape index (κ3) is 6.09. The highest BCUT2D eigenvalue weighted by molar-refractivity contribution is 8.00. The number of rotatable bonds is 2. The first-order valence-corrected chi connectivity index (χ1v) is 3.72. The SMILES string of the molecule is [CH]=CCSC(C)(C)C. The average molecular weight is 129 g/mol. The Morgan fingerprint density at radius 3 is 2.12 bits per heavy atom. The predicted molar refractivity (Wildman–Crippen MR) is 41.1 cm³/mol. The Balaban J connectivity index is 3.24. The van der Waals surface area contributed by atoms with Gasteiger partial charge in [0, 0.05) is 10.5 Å². The molecule has 0 aromatic rings. The minimum atomic E-state index is 0.357. The lowest BCUT2D eigenvalue weighted by Crippen LogP contribution is -2.07. The van der Waals surface area contributed by atoms with Crippen LogP contribution in [0.4, 0.5) is 0 Å². The van der Waals surface area contributed by atoms with Crippen molar-refractivity contribution >= 4 is 11.8 Å². The molecule has 0 heterocycles. The molecular weight excluding hydrogens is 116 g/mol. The Hall–Kier alpha value is 0.0900. The zero-order valence-electron chi connectivity index (χ0n) is 5.77. The summed E-state index contributed by atoms with van der Waals surface area (Å²) in [5.74, 6) is 0.948. The van der Waals surface area contributed by atoms with Crippen LogP contribution in [0.3, 0.4) is 0 Å². The summed E-state index contributed by atoms with van der Waals surface area (Å²) in [7, 11) is 0. The van der Waals surface area contributed by atoms with Gasteiger partial charge in [-0.05, 0) is 0 Å². The molecule has 47 valence electrons. The second kappa shape index (κ2) is 3.18. The minimum absolute atomic E-state index is 0.357. The molecule has 1 heteroatoms. The van der Waals surface area contributed by atoms with E-state index < -0.39 is 0 Å². The van der Waals surface area contributed by atoms with Gasteiger partial charge in [-0.15, -0.1) is 0 Å². The topological polar surface area (TPSA) is 0 Å². The van der Waals surface area contributed by atoms with E-state index in [1.54, 1.807) is 6.08 Å². The first-order valence-electron chi connectivity index (χ1n) is 2.73. The molecule has 0 N–H and O–H groups in total. The Morgan fingerprint density at radius 1 is 1.50 bits per heavy atom. The van der Waals surface area contributed by atoms with Crippen LogP contribution in [-0.2, 0) is 0 Å². The van der Waals surface area contributed by atoms with Crippen LogP contribution < -0.4 is 0 Å². The molecule has 0 aromatic carbocycles. The zero-order chi connectivity index (χ0) is 6.62. The molecule has 0 rings (SSSR count). The molecule has 0 saturated heterocycles. The molecule has 0 aromatic heterocycles. The second-order valence-corrected chi connectivity index (χ2v) is 4.51. The van der Waals surface area contributed by atoms with Gasteiger partial charge >= 0.3 is 0 Å². The largest absolute Gasteiger partial charge is 0.152 e. The third-order valence-corrected chi connectivity index (χ3v) is 1.84. The second-order valence-electron chi connectivity index (χ2n) is 2.66. The highest BCUT2D eigenvalue weighted by Crippen LogP contribution is 2.22. The fourth-order valence-corrected chi connectivity index (χ4v) is 0.894. The van der Waals surface area contributed by atoms with Crippen molar-refractivity contribution in [2.24, 2.45) is 0 Å². The van der Waals surface area contributed by atoms with E-state index in [9.17, 15) is 0 Å². The van der Waals surface area contributed by atoms with Crippen molar-refractivity contribution in [3.63, 3.8) is 0 Å². The highest BCUT2D eigenvalue weighted by Gasteiger charge is 2.07. The van der Waals surface area contributed by atoms with E-state index >= 15 is 0 Å². The van der Waals surface area contributed by atoms with Crippen molar-refractivity contribution in [3.05, 3.63) is 12.7 Å². The van der Waals surface area contributed by atoms with Crippen LogP contribution >= 0.6 is 11.8 Å². The molecule has 0 bridgehead atoms. The Kier molecular flexibility index (Phi) is 3.22. The van der Waals surface area contributed by atoms with E-state index in [2.05, 4.69) is 20.8 Å². The standard InChI is InChI=1S/C7H13S/c1-5-6-8-7(2,3)4/h1,5H,6H2,2-4H3. The summed E-state index contributed by atoms with van der Waals surface area (Å²) in [5.41, 5.74) is 0. The van der Waals surface area contributed by atoms with Gasteiger partial charge < -0.3 is 0 Å². The molecule has 0 spiro atoms. The van der Waals surface area contributed by atoms with Gasteiger partial charge in [-0.2, -0.15) is 11.8 Å². The van der Waals surface area contributed by atoms with Gasteiger partial charge in [0.1, 0.15) is 0 Å². The van der Waals surface area contributed by atoms with Crippen molar-refractivity contribution < 1.29 is 0 Å². The van der Waals surface area contributed by atoms with Gasteiger partial charge in [-0.1, -0.05) is 33.4 Å². The fourth-order valence-electron chi connectivity index (χ4n) is 0.298. The van der Waals surface area contributed by atoms with E-state index in [1.165, 1.54) is 0 Å². The van der Waals surface area contributed by atoms with Crippen LogP contribution in [-0.4, -0.2) is 10.5 Å². The zero-order valence-corrected chi connectivity index (χ0v) is 6.59. The van der Waals surface area contributed by atoms with Gasteiger partial charge in [-0.25, -0.2) is 0 Å². The van der Waals surface area contributed by atoms with E-state index in [-0.39, 0.29) is 0 Å². The molecule has 0 nitrogen and oxygen atoms in total. The highest BCUT2D eigenvalue weighted by atomic mass is 32.2. The van der Waals surface area contributed by atoms with E-state index in [0.29, 0.717) is 4.75 Å². The molecule has 0 amide bonds. The fraction of sp³-hybridized carbons (Fsp3) is 0.714. The van der Waals surface area contributed by atoms with Crippen LogP contribution in [0.1, 0.15) is 20.8 Å². The lowest BCUT2D eigenvalue weighted by atomic mass is 10.3. The molecule has 1 radical (unpaired) electrons. The van der Waals surface area contributed by atoms with Crippen LogP contribution in [0.5, 0.6) is 0 Å². The molecule has 0 aliphatic rings. The number of hydrogen-bond donors (Lipinski definition) is 0. The molecule has 0 fully saturated rings. The molecule has 0 unspecified atom stereocenters. The summed E-state index contributed by atoms with van der Waals surface area (Å²) < 4.78 is 0.357. The maximum atomic E-state index is 5.19. The van der Waals surface area contributed by atoms with Crippen molar-refractivity contribution in [3.8, 4) is 0 Å². The number of thioether (sulfide) groups is 1. The van der Waals surface area contributed by atoms with E-state index in [4.69, 9.17) is 6.58 Å². The lowest BCUT2D eigenvalue weighted by molar-refractivity contribution is 0.804. The minimum Gasteiger partial charge on any atom is -0.152 e. The summed E-state index contributed by atoms with van der Waals surface area (Å²) in [6.45, 7) is 11.7. The van der Waals surface area contributed by atoms with Crippen molar-refractivity contribution in [1.29, 1.82) is 0 Å². The maximum Gasteiger partial charge on any atom is 0.0121 e. The summed E-state index contributed by atoms with van der Waals surface area (Å²) in [6, 6.07) is 0. The first-order chi connectivity index (χ1) is 3.56. The monoisotopic (exact) mass is 129 g/mol. The van der Waals surface area contributed by atoms with Crippen molar-refractivity contribution in [1.82, 2.24) is 0 Å². The lowest BCUT2D eigenvalue weighted by Gasteiger charge is -2.15. The first kappa shape index (κ1) is 8.09. The van der Waals surface area contributed by atoms with Crippen LogP contribution in [0.25, 0.3) is 0 Å². The average Bonchev–Trinajstić information content (AvgIpc) is 1.59. The van der Waals surface area contributed by atoms with Gasteiger partial charge in [0.15, 0.2) is 0 Å². The van der Waals surface area contributed by atoms with Gasteiger partial charge in [0.25, 0.3) is 0 Å². The molecule has 0 atom stereocenters. The van der Waals surface area contributed by atoms with Crippen molar-refractivity contribution in [2.45, 2.75) is 25.5 Å².